The summed E-state index contributed by atoms with van der Waals surface area (Å²) in [5.41, 5.74) is 2.28. The van der Waals surface area contributed by atoms with Gasteiger partial charge in [-0.15, -0.1) is 5.10 Å². The van der Waals surface area contributed by atoms with Crippen molar-refractivity contribution in [3.05, 3.63) is 76.7 Å². The van der Waals surface area contributed by atoms with Gasteiger partial charge in [-0.1, -0.05) is 35.5 Å². The number of pyridine rings is 1. The molecule has 0 saturated heterocycles. The number of aromatic nitrogens is 4. The molecule has 0 fully saturated rings. The molecule has 2 heterocycles. The summed E-state index contributed by atoms with van der Waals surface area (Å²) in [6.07, 6.45) is 1.72. The minimum atomic E-state index is -0.898. The highest BCUT2D eigenvalue weighted by atomic mass is 16.3. The molecule has 130 valence electrons. The Hall–Kier alpha value is -3.25. The molecule has 4 rings (SSSR count). The van der Waals surface area contributed by atoms with E-state index in [1.54, 1.807) is 24.7 Å². The van der Waals surface area contributed by atoms with Gasteiger partial charge in [-0.2, -0.15) is 0 Å². The number of H-pyrrole nitrogens is 1. The molecule has 2 aromatic carbocycles. The largest absolute Gasteiger partial charge is 0.386 e. The van der Waals surface area contributed by atoms with Crippen molar-refractivity contribution < 1.29 is 5.11 Å². The first-order valence-corrected chi connectivity index (χ1v) is 8.30. The Morgan fingerprint density at radius 2 is 1.81 bits per heavy atom. The lowest BCUT2D eigenvalue weighted by molar-refractivity contribution is 0.0786. The third-order valence-corrected chi connectivity index (χ3v) is 4.36. The van der Waals surface area contributed by atoms with Crippen LogP contribution in [0.3, 0.4) is 0 Å². The molecule has 0 atom stereocenters. The van der Waals surface area contributed by atoms with Gasteiger partial charge in [0.05, 0.1) is 23.0 Å². The van der Waals surface area contributed by atoms with Crippen LogP contribution in [0.25, 0.3) is 27.8 Å². The molecule has 0 spiro atoms. The minimum absolute atomic E-state index is 0.201. The van der Waals surface area contributed by atoms with Crippen LogP contribution < -0.4 is 5.56 Å². The molecular formula is C20H18N4O2. The zero-order valence-electron chi connectivity index (χ0n) is 14.5. The van der Waals surface area contributed by atoms with Crippen LogP contribution in [0.4, 0.5) is 0 Å². The minimum Gasteiger partial charge on any atom is -0.386 e. The molecule has 0 saturated carbocycles. The number of benzene rings is 2. The Bertz CT molecular complexity index is 1130. The fourth-order valence-corrected chi connectivity index (χ4v) is 2.87. The SMILES string of the molecule is CC(C)(O)c1ccc(-n2cc(-c3cc4ccccc4[nH]c3=O)nn2)cc1. The number of hydrogen-bond acceptors (Lipinski definition) is 4. The molecule has 2 N–H and O–H groups in total. The van der Waals surface area contributed by atoms with Gasteiger partial charge in [0.25, 0.3) is 5.56 Å². The molecule has 26 heavy (non-hydrogen) atoms. The average Bonchev–Trinajstić information content (AvgIpc) is 3.10. The summed E-state index contributed by atoms with van der Waals surface area (Å²) in [5, 5.41) is 19.3. The fourth-order valence-electron chi connectivity index (χ4n) is 2.87. The lowest BCUT2D eigenvalue weighted by Crippen LogP contribution is -2.15. The van der Waals surface area contributed by atoms with Crippen LogP contribution in [0.15, 0.2) is 65.6 Å². The van der Waals surface area contributed by atoms with E-state index in [1.165, 1.54) is 0 Å². The smallest absolute Gasteiger partial charge is 0.258 e. The number of fused-ring (bicyclic) bond motifs is 1. The Morgan fingerprint density at radius 1 is 1.08 bits per heavy atom. The maximum Gasteiger partial charge on any atom is 0.258 e. The molecule has 6 nitrogen and oxygen atoms in total. The van der Waals surface area contributed by atoms with Crippen LogP contribution in [-0.2, 0) is 5.60 Å². The summed E-state index contributed by atoms with van der Waals surface area (Å²) >= 11 is 0. The van der Waals surface area contributed by atoms with Crippen molar-refractivity contribution in [1.29, 1.82) is 0 Å². The summed E-state index contributed by atoms with van der Waals surface area (Å²) < 4.78 is 1.61. The van der Waals surface area contributed by atoms with E-state index in [9.17, 15) is 9.90 Å². The second-order valence-electron chi connectivity index (χ2n) is 6.75. The van der Waals surface area contributed by atoms with Crippen molar-refractivity contribution >= 4 is 10.9 Å². The van der Waals surface area contributed by atoms with E-state index in [-0.39, 0.29) is 5.56 Å². The van der Waals surface area contributed by atoms with E-state index in [0.717, 1.165) is 22.2 Å². The number of para-hydroxylation sites is 1. The lowest BCUT2D eigenvalue weighted by atomic mass is 9.98. The molecule has 0 amide bonds. The molecule has 0 aliphatic carbocycles. The van der Waals surface area contributed by atoms with Crippen LogP contribution >= 0.6 is 0 Å². The van der Waals surface area contributed by atoms with E-state index in [0.29, 0.717) is 11.3 Å². The van der Waals surface area contributed by atoms with Gasteiger partial charge in [-0.05, 0) is 49.1 Å². The first-order valence-electron chi connectivity index (χ1n) is 8.30. The van der Waals surface area contributed by atoms with Crippen LogP contribution in [0.5, 0.6) is 0 Å². The number of rotatable bonds is 3. The van der Waals surface area contributed by atoms with E-state index >= 15 is 0 Å². The van der Waals surface area contributed by atoms with E-state index in [2.05, 4.69) is 15.3 Å². The highest BCUT2D eigenvalue weighted by molar-refractivity contribution is 5.82. The highest BCUT2D eigenvalue weighted by Crippen LogP contribution is 2.22. The summed E-state index contributed by atoms with van der Waals surface area (Å²) in [6, 6.07) is 16.8. The zero-order chi connectivity index (χ0) is 18.3. The average molecular weight is 346 g/mol. The van der Waals surface area contributed by atoms with Crippen LogP contribution in [0, 0.1) is 0 Å². The highest BCUT2D eigenvalue weighted by Gasteiger charge is 2.16. The Morgan fingerprint density at radius 3 is 2.54 bits per heavy atom. The van der Waals surface area contributed by atoms with Crippen molar-refractivity contribution in [3.63, 3.8) is 0 Å². The van der Waals surface area contributed by atoms with Crippen molar-refractivity contribution in [2.45, 2.75) is 19.4 Å². The second-order valence-corrected chi connectivity index (χ2v) is 6.75. The standard InChI is InChI=1S/C20H18N4O2/c1-20(2,26)14-7-9-15(10-8-14)24-12-18(22-23-24)16-11-13-5-3-4-6-17(13)21-19(16)25/h3-12,26H,1-2H3,(H,21,25). The third-order valence-electron chi connectivity index (χ3n) is 4.36. The van der Waals surface area contributed by atoms with Crippen LogP contribution in [0.1, 0.15) is 19.4 Å². The molecule has 2 aromatic heterocycles. The molecule has 6 heteroatoms. The molecule has 0 aliphatic heterocycles. The zero-order valence-corrected chi connectivity index (χ0v) is 14.5. The first-order chi connectivity index (χ1) is 12.4. The van der Waals surface area contributed by atoms with Gasteiger partial charge in [0.2, 0.25) is 0 Å². The van der Waals surface area contributed by atoms with Gasteiger partial charge in [0.15, 0.2) is 0 Å². The normalized spacial score (nSPS) is 11.8. The summed E-state index contributed by atoms with van der Waals surface area (Å²) in [7, 11) is 0. The summed E-state index contributed by atoms with van der Waals surface area (Å²) in [6.45, 7) is 3.48. The molecule has 0 unspecified atom stereocenters. The maximum atomic E-state index is 12.4. The summed E-state index contributed by atoms with van der Waals surface area (Å²) in [5.74, 6) is 0. The van der Waals surface area contributed by atoms with Crippen LogP contribution in [0.2, 0.25) is 0 Å². The quantitative estimate of drug-likeness (QED) is 0.597. The van der Waals surface area contributed by atoms with E-state index < -0.39 is 5.60 Å². The fraction of sp³-hybridized carbons (Fsp3) is 0.150. The predicted octanol–water partition coefficient (Wildman–Crippen LogP) is 3.00. The van der Waals surface area contributed by atoms with Crippen molar-refractivity contribution in [3.8, 4) is 16.9 Å². The van der Waals surface area contributed by atoms with Gasteiger partial charge in [0, 0.05) is 5.52 Å². The van der Waals surface area contributed by atoms with E-state index in [1.807, 2.05) is 54.6 Å². The molecule has 4 aromatic rings. The topological polar surface area (TPSA) is 83.8 Å². The second kappa shape index (κ2) is 5.93. The molecule has 0 aliphatic rings. The Balaban J connectivity index is 1.72. The number of nitrogens with one attached hydrogen (secondary N) is 1. The Labute approximate surface area is 149 Å². The number of hydrogen-bond donors (Lipinski definition) is 2. The third kappa shape index (κ3) is 2.91. The predicted molar refractivity (Wildman–Crippen MR) is 100 cm³/mol. The monoisotopic (exact) mass is 346 g/mol. The number of aliphatic hydroxyl groups is 1. The van der Waals surface area contributed by atoms with Gasteiger partial charge in [-0.25, -0.2) is 4.68 Å². The summed E-state index contributed by atoms with van der Waals surface area (Å²) in [4.78, 5) is 15.2. The van der Waals surface area contributed by atoms with Crippen molar-refractivity contribution in [2.24, 2.45) is 0 Å². The van der Waals surface area contributed by atoms with Gasteiger partial charge in [0.1, 0.15) is 5.69 Å². The van der Waals surface area contributed by atoms with Crippen LogP contribution in [-0.4, -0.2) is 25.1 Å². The Kier molecular flexibility index (Phi) is 3.70. The maximum absolute atomic E-state index is 12.4. The van der Waals surface area contributed by atoms with Crippen molar-refractivity contribution in [1.82, 2.24) is 20.0 Å². The van der Waals surface area contributed by atoms with Gasteiger partial charge >= 0.3 is 0 Å². The number of aromatic amines is 1. The van der Waals surface area contributed by atoms with E-state index in [4.69, 9.17) is 0 Å². The van der Waals surface area contributed by atoms with Gasteiger partial charge < -0.3 is 10.1 Å². The first kappa shape index (κ1) is 16.2. The molecule has 0 radical (unpaired) electrons. The molecular weight excluding hydrogens is 328 g/mol. The number of nitrogens with zero attached hydrogens (tertiary/aromatic N) is 3. The molecule has 0 bridgehead atoms. The van der Waals surface area contributed by atoms with Crippen molar-refractivity contribution in [2.75, 3.05) is 0 Å². The lowest BCUT2D eigenvalue weighted by Gasteiger charge is -2.17. The van der Waals surface area contributed by atoms with Gasteiger partial charge in [-0.3, -0.25) is 4.79 Å².